The van der Waals surface area contributed by atoms with Gasteiger partial charge in [-0.05, 0) is 26.0 Å². The van der Waals surface area contributed by atoms with Crippen molar-refractivity contribution in [2.75, 3.05) is 0 Å². The molecule has 0 amide bonds. The first-order chi connectivity index (χ1) is 6.50. The van der Waals surface area contributed by atoms with Crippen LogP contribution in [-0.2, 0) is 0 Å². The highest BCUT2D eigenvalue weighted by atomic mass is 19.1. The molecule has 1 rings (SSSR count). The average Bonchev–Trinajstić information content (AvgIpc) is 2.11. The Hall–Kier alpha value is -1.16. The molecule has 0 aliphatic carbocycles. The summed E-state index contributed by atoms with van der Waals surface area (Å²) >= 11 is 0. The minimum atomic E-state index is -0.738. The standard InChI is InChI=1S/C10H12F2O2/c1-6(13)7(2)14-10-5-8(11)3-4-9(10)12/h3-7,13H,1-2H3/t6-,7?/m1/s1. The van der Waals surface area contributed by atoms with Crippen LogP contribution < -0.4 is 4.74 Å². The van der Waals surface area contributed by atoms with Crippen molar-refractivity contribution in [2.45, 2.75) is 26.1 Å². The molecule has 0 aromatic heterocycles. The van der Waals surface area contributed by atoms with Crippen molar-refractivity contribution in [1.29, 1.82) is 0 Å². The number of aliphatic hydroxyl groups is 1. The molecule has 0 heterocycles. The summed E-state index contributed by atoms with van der Waals surface area (Å²) in [6, 6.07) is 2.95. The van der Waals surface area contributed by atoms with Gasteiger partial charge in [-0.25, -0.2) is 8.78 Å². The van der Waals surface area contributed by atoms with Crippen LogP contribution in [-0.4, -0.2) is 17.3 Å². The molecule has 2 atom stereocenters. The quantitative estimate of drug-likeness (QED) is 0.813. The highest BCUT2D eigenvalue weighted by Crippen LogP contribution is 2.19. The van der Waals surface area contributed by atoms with Crippen LogP contribution in [0.25, 0.3) is 0 Å². The van der Waals surface area contributed by atoms with Gasteiger partial charge < -0.3 is 9.84 Å². The molecule has 14 heavy (non-hydrogen) atoms. The summed E-state index contributed by atoms with van der Waals surface area (Å²) in [5.74, 6) is -1.39. The first-order valence-electron chi connectivity index (χ1n) is 4.30. The minimum Gasteiger partial charge on any atom is -0.485 e. The largest absolute Gasteiger partial charge is 0.485 e. The zero-order valence-corrected chi connectivity index (χ0v) is 8.00. The van der Waals surface area contributed by atoms with Crippen LogP contribution in [0, 0.1) is 11.6 Å². The number of halogens is 2. The molecule has 0 aliphatic heterocycles. The van der Waals surface area contributed by atoms with Crippen molar-refractivity contribution in [3.8, 4) is 5.75 Å². The lowest BCUT2D eigenvalue weighted by atomic mass is 10.2. The Balaban J connectivity index is 2.80. The molecule has 78 valence electrons. The van der Waals surface area contributed by atoms with Crippen LogP contribution >= 0.6 is 0 Å². The van der Waals surface area contributed by atoms with Crippen molar-refractivity contribution < 1.29 is 18.6 Å². The van der Waals surface area contributed by atoms with Gasteiger partial charge in [0.05, 0.1) is 6.10 Å². The van der Waals surface area contributed by atoms with Crippen LogP contribution in [0.15, 0.2) is 18.2 Å². The number of ether oxygens (including phenoxy) is 1. The van der Waals surface area contributed by atoms with Crippen LogP contribution in [0.5, 0.6) is 5.75 Å². The van der Waals surface area contributed by atoms with Crippen LogP contribution in [0.2, 0.25) is 0 Å². The summed E-state index contributed by atoms with van der Waals surface area (Å²) in [6.07, 6.45) is -1.32. The van der Waals surface area contributed by atoms with E-state index in [-0.39, 0.29) is 5.75 Å². The number of aliphatic hydroxyl groups excluding tert-OH is 1. The first-order valence-corrected chi connectivity index (χ1v) is 4.30. The normalized spacial score (nSPS) is 14.9. The molecular weight excluding hydrogens is 190 g/mol. The van der Waals surface area contributed by atoms with Crippen LogP contribution in [0.4, 0.5) is 8.78 Å². The van der Waals surface area contributed by atoms with Gasteiger partial charge in [0.15, 0.2) is 11.6 Å². The summed E-state index contributed by atoms with van der Waals surface area (Å²) in [6.45, 7) is 3.09. The monoisotopic (exact) mass is 202 g/mol. The molecular formula is C10H12F2O2. The van der Waals surface area contributed by atoms with E-state index in [0.717, 1.165) is 18.2 Å². The Morgan fingerprint density at radius 2 is 1.93 bits per heavy atom. The molecule has 0 radical (unpaired) electrons. The first kappa shape index (κ1) is 10.9. The Bertz CT molecular complexity index is 313. The van der Waals surface area contributed by atoms with Crippen molar-refractivity contribution >= 4 is 0 Å². The maximum Gasteiger partial charge on any atom is 0.165 e. The molecule has 1 aromatic rings. The molecule has 0 aliphatic rings. The molecule has 1 N–H and O–H groups in total. The second kappa shape index (κ2) is 4.37. The van der Waals surface area contributed by atoms with Crippen LogP contribution in [0.1, 0.15) is 13.8 Å². The van der Waals surface area contributed by atoms with Gasteiger partial charge in [-0.3, -0.25) is 0 Å². The predicted molar refractivity (Wildman–Crippen MR) is 48.1 cm³/mol. The molecule has 1 unspecified atom stereocenters. The van der Waals surface area contributed by atoms with E-state index in [1.807, 2.05) is 0 Å². The van der Waals surface area contributed by atoms with Gasteiger partial charge >= 0.3 is 0 Å². The zero-order valence-electron chi connectivity index (χ0n) is 8.00. The number of benzene rings is 1. The SMILES string of the molecule is CC(Oc1cc(F)ccc1F)[C@@H](C)O. The highest BCUT2D eigenvalue weighted by Gasteiger charge is 2.13. The average molecular weight is 202 g/mol. The van der Waals surface area contributed by atoms with E-state index in [0.29, 0.717) is 0 Å². The van der Waals surface area contributed by atoms with E-state index in [1.165, 1.54) is 6.92 Å². The number of hydrogen-bond donors (Lipinski definition) is 1. The Labute approximate surface area is 81.1 Å². The smallest absolute Gasteiger partial charge is 0.165 e. The highest BCUT2D eigenvalue weighted by molar-refractivity contribution is 5.25. The zero-order chi connectivity index (χ0) is 10.7. The maximum absolute atomic E-state index is 13.0. The Kier molecular flexibility index (Phi) is 3.41. The van der Waals surface area contributed by atoms with E-state index in [9.17, 15) is 8.78 Å². The number of rotatable bonds is 3. The topological polar surface area (TPSA) is 29.5 Å². The molecule has 0 fully saturated rings. The fraction of sp³-hybridized carbons (Fsp3) is 0.400. The molecule has 2 nitrogen and oxygen atoms in total. The Morgan fingerprint density at radius 3 is 2.50 bits per heavy atom. The Morgan fingerprint density at radius 1 is 1.29 bits per heavy atom. The summed E-state index contributed by atoms with van der Waals surface area (Å²) < 4.78 is 30.7. The third-order valence-corrected chi connectivity index (χ3v) is 1.89. The fourth-order valence-electron chi connectivity index (χ4n) is 0.866. The third kappa shape index (κ3) is 2.67. The molecule has 1 aromatic carbocycles. The lowest BCUT2D eigenvalue weighted by molar-refractivity contribution is 0.0576. The van der Waals surface area contributed by atoms with E-state index in [1.54, 1.807) is 6.92 Å². The van der Waals surface area contributed by atoms with Gasteiger partial charge in [-0.2, -0.15) is 0 Å². The molecule has 4 heteroatoms. The lowest BCUT2D eigenvalue weighted by Crippen LogP contribution is -2.25. The second-order valence-electron chi connectivity index (χ2n) is 3.14. The number of hydrogen-bond acceptors (Lipinski definition) is 2. The summed E-state index contributed by atoms with van der Waals surface area (Å²) in [5, 5.41) is 9.10. The summed E-state index contributed by atoms with van der Waals surface area (Å²) in [5.41, 5.74) is 0. The maximum atomic E-state index is 13.0. The van der Waals surface area contributed by atoms with Gasteiger partial charge in [0, 0.05) is 6.07 Å². The lowest BCUT2D eigenvalue weighted by Gasteiger charge is -2.17. The van der Waals surface area contributed by atoms with E-state index < -0.39 is 23.8 Å². The van der Waals surface area contributed by atoms with Gasteiger partial charge in [-0.15, -0.1) is 0 Å². The van der Waals surface area contributed by atoms with E-state index in [4.69, 9.17) is 9.84 Å². The van der Waals surface area contributed by atoms with E-state index >= 15 is 0 Å². The van der Waals surface area contributed by atoms with Gasteiger partial charge in [0.25, 0.3) is 0 Å². The summed E-state index contributed by atoms with van der Waals surface area (Å²) in [7, 11) is 0. The second-order valence-corrected chi connectivity index (χ2v) is 3.14. The van der Waals surface area contributed by atoms with Crippen LogP contribution in [0.3, 0.4) is 0 Å². The predicted octanol–water partition coefficient (Wildman–Crippen LogP) is 2.11. The van der Waals surface area contributed by atoms with Gasteiger partial charge in [0.1, 0.15) is 11.9 Å². The van der Waals surface area contributed by atoms with Gasteiger partial charge in [0.2, 0.25) is 0 Å². The fourth-order valence-corrected chi connectivity index (χ4v) is 0.866. The summed E-state index contributed by atoms with van der Waals surface area (Å²) in [4.78, 5) is 0. The van der Waals surface area contributed by atoms with Crippen molar-refractivity contribution in [2.24, 2.45) is 0 Å². The molecule has 0 bridgehead atoms. The van der Waals surface area contributed by atoms with Crippen molar-refractivity contribution in [3.63, 3.8) is 0 Å². The van der Waals surface area contributed by atoms with E-state index in [2.05, 4.69) is 0 Å². The molecule has 0 saturated heterocycles. The molecule has 0 spiro atoms. The van der Waals surface area contributed by atoms with Crippen molar-refractivity contribution in [3.05, 3.63) is 29.8 Å². The minimum absolute atomic E-state index is 0.182. The molecule has 0 saturated carbocycles. The third-order valence-electron chi connectivity index (χ3n) is 1.89. The van der Waals surface area contributed by atoms with Crippen molar-refractivity contribution in [1.82, 2.24) is 0 Å². The van der Waals surface area contributed by atoms with Gasteiger partial charge in [-0.1, -0.05) is 0 Å².